The van der Waals surface area contributed by atoms with Gasteiger partial charge in [-0.3, -0.25) is 19.9 Å². The molecule has 3 unspecified atom stereocenters. The van der Waals surface area contributed by atoms with Gasteiger partial charge in [-0.25, -0.2) is 18.9 Å². The van der Waals surface area contributed by atoms with Gasteiger partial charge in [0, 0.05) is 18.7 Å². The van der Waals surface area contributed by atoms with Gasteiger partial charge in [0.25, 0.3) is 5.91 Å². The van der Waals surface area contributed by atoms with Crippen molar-refractivity contribution in [3.8, 4) is 0 Å². The topological polar surface area (TPSA) is 103 Å². The summed E-state index contributed by atoms with van der Waals surface area (Å²) in [5.74, 6) is -2.79. The van der Waals surface area contributed by atoms with E-state index in [2.05, 4.69) is 26.5 Å². The van der Waals surface area contributed by atoms with Crippen LogP contribution in [-0.2, 0) is 4.79 Å². The number of hydrazine groups is 1. The van der Waals surface area contributed by atoms with Crippen molar-refractivity contribution < 1.29 is 18.4 Å². The molecule has 1 aromatic heterocycles. The first kappa shape index (κ1) is 21.0. The number of halogens is 2. The monoisotopic (exact) mass is 453 g/mol. The Morgan fingerprint density at radius 2 is 1.94 bits per heavy atom. The van der Waals surface area contributed by atoms with Crippen molar-refractivity contribution in [3.63, 3.8) is 0 Å². The molecule has 3 heterocycles. The largest absolute Gasteiger partial charge is 0.321 e. The van der Waals surface area contributed by atoms with Crippen molar-refractivity contribution in [2.24, 2.45) is 5.92 Å². The zero-order chi connectivity index (χ0) is 23.1. The summed E-state index contributed by atoms with van der Waals surface area (Å²) in [5.41, 5.74) is 4.40. The zero-order valence-electron chi connectivity index (χ0n) is 17.5. The zero-order valence-corrected chi connectivity index (χ0v) is 17.5. The molecule has 2 aliphatic rings. The number of aryl methyl sites for hydroxylation is 1. The highest BCUT2D eigenvalue weighted by atomic mass is 19.1. The van der Waals surface area contributed by atoms with E-state index in [1.54, 1.807) is 13.0 Å². The Balaban J connectivity index is 1.41. The van der Waals surface area contributed by atoms with Crippen LogP contribution in [0.25, 0.3) is 0 Å². The van der Waals surface area contributed by atoms with E-state index in [0.717, 1.165) is 17.8 Å². The first-order chi connectivity index (χ1) is 15.9. The summed E-state index contributed by atoms with van der Waals surface area (Å²) in [6.07, 6.45) is -1.14. The van der Waals surface area contributed by atoms with E-state index in [1.807, 2.05) is 35.3 Å². The second kappa shape index (κ2) is 8.26. The van der Waals surface area contributed by atoms with E-state index in [4.69, 9.17) is 0 Å². The fourth-order valence-electron chi connectivity index (χ4n) is 4.09. The Kier molecular flexibility index (Phi) is 5.27. The third-order valence-electron chi connectivity index (χ3n) is 5.64. The molecular weight excluding hydrogens is 432 g/mol. The third kappa shape index (κ3) is 3.92. The quantitative estimate of drug-likeness (QED) is 0.481. The van der Waals surface area contributed by atoms with E-state index in [-0.39, 0.29) is 29.4 Å². The Hall–Kier alpha value is -3.83. The Morgan fingerprint density at radius 3 is 2.70 bits per heavy atom. The number of hydrogen-bond acceptors (Lipinski definition) is 6. The summed E-state index contributed by atoms with van der Waals surface area (Å²) in [5, 5.41) is 15.1. The minimum atomic E-state index is -0.974. The molecule has 5 rings (SSSR count). The molecule has 3 atom stereocenters. The average Bonchev–Trinajstić information content (AvgIpc) is 3.38. The predicted octanol–water partition coefficient (Wildman–Crippen LogP) is 1.86. The van der Waals surface area contributed by atoms with Gasteiger partial charge in [0.15, 0.2) is 6.29 Å². The fraction of sp³-hybridized carbons (Fsp3) is 0.227. The molecule has 3 aromatic rings. The summed E-state index contributed by atoms with van der Waals surface area (Å²) < 4.78 is 28.7. The van der Waals surface area contributed by atoms with Crippen molar-refractivity contribution in [2.75, 3.05) is 16.9 Å². The van der Waals surface area contributed by atoms with Crippen LogP contribution in [0, 0.1) is 24.5 Å². The molecule has 0 aliphatic carbocycles. The second-order valence-electron chi connectivity index (χ2n) is 7.89. The molecule has 0 radical (unpaired) electrons. The van der Waals surface area contributed by atoms with E-state index in [1.165, 1.54) is 4.68 Å². The summed E-state index contributed by atoms with van der Waals surface area (Å²) >= 11 is 0. The van der Waals surface area contributed by atoms with E-state index < -0.39 is 23.8 Å². The molecule has 2 aliphatic heterocycles. The number of hydrogen-bond donors (Lipinski definition) is 4. The molecule has 2 aromatic carbocycles. The maximum atomic E-state index is 14.1. The van der Waals surface area contributed by atoms with Crippen molar-refractivity contribution in [3.05, 3.63) is 77.5 Å². The number of carbonyl (C=O) groups is 2. The number of carbonyl (C=O) groups excluding carboxylic acids is 2. The van der Waals surface area contributed by atoms with Crippen LogP contribution in [-0.4, -0.2) is 34.3 Å². The molecule has 33 heavy (non-hydrogen) atoms. The van der Waals surface area contributed by atoms with Crippen molar-refractivity contribution in [1.29, 1.82) is 0 Å². The van der Waals surface area contributed by atoms with Crippen molar-refractivity contribution >= 4 is 23.3 Å². The Bertz CT molecular complexity index is 1220. The molecule has 0 saturated carbocycles. The lowest BCUT2D eigenvalue weighted by atomic mass is 10.0. The summed E-state index contributed by atoms with van der Waals surface area (Å²) in [6.45, 7) is 2.18. The van der Waals surface area contributed by atoms with E-state index in [0.29, 0.717) is 18.3 Å². The average molecular weight is 453 g/mol. The molecule has 2 saturated heterocycles. The number of para-hydroxylation sites is 1. The maximum absolute atomic E-state index is 14.1. The third-order valence-corrected chi connectivity index (χ3v) is 5.64. The lowest BCUT2D eigenvalue weighted by Crippen LogP contribution is -2.61. The highest BCUT2D eigenvalue weighted by molar-refractivity contribution is 6.04. The van der Waals surface area contributed by atoms with Crippen LogP contribution in [0.15, 0.2) is 54.6 Å². The van der Waals surface area contributed by atoms with Crippen LogP contribution in [0.1, 0.15) is 22.3 Å². The highest BCUT2D eigenvalue weighted by Crippen LogP contribution is 2.28. The lowest BCUT2D eigenvalue weighted by Gasteiger charge is -2.37. The highest BCUT2D eigenvalue weighted by Gasteiger charge is 2.45. The molecule has 2 fully saturated rings. The van der Waals surface area contributed by atoms with Crippen LogP contribution in [0.5, 0.6) is 0 Å². The number of rotatable bonds is 4. The van der Waals surface area contributed by atoms with Crippen LogP contribution >= 0.6 is 0 Å². The van der Waals surface area contributed by atoms with Gasteiger partial charge in [-0.2, -0.15) is 5.10 Å². The van der Waals surface area contributed by atoms with Gasteiger partial charge in [-0.15, -0.1) is 0 Å². The molecule has 0 spiro atoms. The molecular formula is C22H21F2N7O2. The fourth-order valence-corrected chi connectivity index (χ4v) is 4.09. The van der Waals surface area contributed by atoms with Gasteiger partial charge in [0.2, 0.25) is 5.91 Å². The van der Waals surface area contributed by atoms with Gasteiger partial charge in [-0.1, -0.05) is 18.2 Å². The minimum Gasteiger partial charge on any atom is -0.321 e. The van der Waals surface area contributed by atoms with Gasteiger partial charge >= 0.3 is 0 Å². The van der Waals surface area contributed by atoms with Crippen LogP contribution in [0.2, 0.25) is 0 Å². The summed E-state index contributed by atoms with van der Waals surface area (Å²) in [6, 6.07) is 13.9. The minimum absolute atomic E-state index is 0.176. The van der Waals surface area contributed by atoms with Gasteiger partial charge < -0.3 is 10.6 Å². The molecule has 170 valence electrons. The summed E-state index contributed by atoms with van der Waals surface area (Å²) in [7, 11) is 0. The maximum Gasteiger partial charge on any atom is 0.259 e. The molecule has 9 nitrogen and oxygen atoms in total. The first-order valence-electron chi connectivity index (χ1n) is 10.4. The number of nitrogens with one attached hydrogen (secondary N) is 4. The van der Waals surface area contributed by atoms with Crippen LogP contribution in [0.3, 0.4) is 0 Å². The second-order valence-corrected chi connectivity index (χ2v) is 7.89. The number of anilines is 2. The van der Waals surface area contributed by atoms with Gasteiger partial charge in [0.05, 0.1) is 22.9 Å². The van der Waals surface area contributed by atoms with Gasteiger partial charge in [-0.05, 0) is 31.2 Å². The normalized spacial score (nSPS) is 22.1. The van der Waals surface area contributed by atoms with Crippen molar-refractivity contribution in [2.45, 2.75) is 19.4 Å². The SMILES string of the molecule is Cc1cc(NC(=O)c2ccc(F)cc2F)n(C2NC(=O)C3CNN(c4ccccc4)C3N2)n1. The number of amides is 2. The molecule has 2 amide bonds. The number of aromatic nitrogens is 2. The molecule has 4 N–H and O–H groups in total. The van der Waals surface area contributed by atoms with E-state index in [9.17, 15) is 18.4 Å². The van der Waals surface area contributed by atoms with Crippen molar-refractivity contribution in [1.82, 2.24) is 25.8 Å². The van der Waals surface area contributed by atoms with Crippen LogP contribution < -0.4 is 26.4 Å². The Morgan fingerprint density at radius 1 is 1.15 bits per heavy atom. The smallest absolute Gasteiger partial charge is 0.259 e. The van der Waals surface area contributed by atoms with Gasteiger partial charge in [0.1, 0.15) is 23.6 Å². The Labute approximate surface area is 187 Å². The summed E-state index contributed by atoms with van der Waals surface area (Å²) in [4.78, 5) is 25.5. The molecule has 11 heteroatoms. The molecule has 0 bridgehead atoms. The van der Waals surface area contributed by atoms with Crippen LogP contribution in [0.4, 0.5) is 20.3 Å². The number of nitrogens with zero attached hydrogens (tertiary/aromatic N) is 3. The lowest BCUT2D eigenvalue weighted by molar-refractivity contribution is -0.129. The number of fused-ring (bicyclic) bond motifs is 1. The number of benzene rings is 2. The standard InChI is InChI=1S/C22H21F2N7O2/c1-12-9-18(26-20(32)15-8-7-13(23)10-17(15)24)31(29-12)22-27-19-16(21(33)28-22)11-25-30(19)14-5-3-2-4-6-14/h2-10,16,19,22,25,27H,11H2,1H3,(H,26,32)(H,28,33). The first-order valence-corrected chi connectivity index (χ1v) is 10.4. The predicted molar refractivity (Wildman–Crippen MR) is 116 cm³/mol. The van der Waals surface area contributed by atoms with E-state index >= 15 is 0 Å².